The van der Waals surface area contributed by atoms with E-state index in [1.807, 2.05) is 0 Å². The first kappa shape index (κ1) is 10.7. The number of hydrogen-bond acceptors (Lipinski definition) is 1. The van der Waals surface area contributed by atoms with E-state index in [1.54, 1.807) is 6.92 Å². The van der Waals surface area contributed by atoms with Gasteiger partial charge in [0, 0.05) is 16.7 Å². The molecule has 74 valence electrons. The van der Waals surface area contributed by atoms with Gasteiger partial charge in [-0.25, -0.2) is 4.39 Å². The predicted molar refractivity (Wildman–Crippen MR) is 54.4 cm³/mol. The lowest BCUT2D eigenvalue weighted by molar-refractivity contribution is -0.113. The molecule has 1 rings (SSSR count). The van der Waals surface area contributed by atoms with Crippen LogP contribution in [0.25, 0.3) is 6.08 Å². The smallest absolute Gasteiger partial charge is 0.241 e. The maximum absolute atomic E-state index is 13.2. The van der Waals surface area contributed by atoms with Gasteiger partial charge in [-0.1, -0.05) is 11.6 Å². The summed E-state index contributed by atoms with van der Waals surface area (Å²) in [5.74, 6) is -1.05. The lowest BCUT2D eigenvalue weighted by atomic mass is 10.1. The Kier molecular flexibility index (Phi) is 3.25. The van der Waals surface area contributed by atoms with E-state index >= 15 is 0 Å². The van der Waals surface area contributed by atoms with Gasteiger partial charge in [-0.15, -0.1) is 0 Å². The SMILES string of the molecule is Cc1cc(F)c(C=CC(N)=O)cc1Cl. The third kappa shape index (κ3) is 2.57. The molecule has 0 aliphatic rings. The van der Waals surface area contributed by atoms with Gasteiger partial charge < -0.3 is 5.73 Å². The van der Waals surface area contributed by atoms with Crippen molar-refractivity contribution in [2.45, 2.75) is 6.92 Å². The summed E-state index contributed by atoms with van der Waals surface area (Å²) in [6.07, 6.45) is 2.38. The van der Waals surface area contributed by atoms with Gasteiger partial charge >= 0.3 is 0 Å². The summed E-state index contributed by atoms with van der Waals surface area (Å²) in [5, 5.41) is 0.454. The Hall–Kier alpha value is -1.35. The van der Waals surface area contributed by atoms with Crippen LogP contribution in [0.15, 0.2) is 18.2 Å². The fraction of sp³-hybridized carbons (Fsp3) is 0.100. The molecule has 14 heavy (non-hydrogen) atoms. The van der Waals surface area contributed by atoms with Gasteiger partial charge in [-0.2, -0.15) is 0 Å². The molecule has 0 heterocycles. The zero-order valence-electron chi connectivity index (χ0n) is 7.55. The summed E-state index contributed by atoms with van der Waals surface area (Å²) in [5.41, 5.74) is 5.78. The van der Waals surface area contributed by atoms with Crippen molar-refractivity contribution in [3.63, 3.8) is 0 Å². The highest BCUT2D eigenvalue weighted by atomic mass is 35.5. The molecular formula is C10H9ClFNO. The second-order valence-electron chi connectivity index (χ2n) is 2.86. The molecule has 0 radical (unpaired) electrons. The topological polar surface area (TPSA) is 43.1 Å². The van der Waals surface area contributed by atoms with Crippen LogP contribution in [0.2, 0.25) is 5.02 Å². The molecule has 0 aliphatic heterocycles. The van der Waals surface area contributed by atoms with Crippen LogP contribution in [0.5, 0.6) is 0 Å². The summed E-state index contributed by atoms with van der Waals surface area (Å²) >= 11 is 5.78. The van der Waals surface area contributed by atoms with E-state index in [0.717, 1.165) is 6.08 Å². The van der Waals surface area contributed by atoms with Gasteiger partial charge in [0.05, 0.1) is 0 Å². The summed E-state index contributed by atoms with van der Waals surface area (Å²) in [4.78, 5) is 10.4. The average Bonchev–Trinajstić information content (AvgIpc) is 2.09. The standard InChI is InChI=1S/C10H9ClFNO/c1-6-4-9(12)7(5-8(6)11)2-3-10(13)14/h2-5H,1H3,(H2,13,14). The Labute approximate surface area is 86.2 Å². The molecule has 0 unspecified atom stereocenters. The number of primary amides is 1. The van der Waals surface area contributed by atoms with Crippen LogP contribution in [0.3, 0.4) is 0 Å². The number of halogens is 2. The van der Waals surface area contributed by atoms with Crippen molar-refractivity contribution in [3.8, 4) is 0 Å². The number of aryl methyl sites for hydroxylation is 1. The zero-order valence-corrected chi connectivity index (χ0v) is 8.31. The second-order valence-corrected chi connectivity index (χ2v) is 3.27. The van der Waals surface area contributed by atoms with Gasteiger partial charge in [0.15, 0.2) is 0 Å². The van der Waals surface area contributed by atoms with Crippen molar-refractivity contribution in [2.75, 3.05) is 0 Å². The number of rotatable bonds is 2. The second kappa shape index (κ2) is 4.24. The predicted octanol–water partition coefficient (Wildman–Crippen LogP) is 2.29. The van der Waals surface area contributed by atoms with Crippen molar-refractivity contribution in [3.05, 3.63) is 40.2 Å². The first-order valence-electron chi connectivity index (χ1n) is 3.94. The van der Waals surface area contributed by atoms with Crippen LogP contribution < -0.4 is 5.73 Å². The molecule has 1 aromatic rings. The minimum absolute atomic E-state index is 0.249. The monoisotopic (exact) mass is 213 g/mol. The highest BCUT2D eigenvalue weighted by molar-refractivity contribution is 6.31. The van der Waals surface area contributed by atoms with E-state index in [2.05, 4.69) is 0 Å². The lowest BCUT2D eigenvalue weighted by Crippen LogP contribution is -2.05. The molecule has 0 atom stereocenters. The minimum atomic E-state index is -0.624. The number of nitrogens with two attached hydrogens (primary N) is 1. The zero-order chi connectivity index (χ0) is 10.7. The van der Waals surface area contributed by atoms with Crippen LogP contribution in [0, 0.1) is 12.7 Å². The molecule has 0 aromatic heterocycles. The molecule has 1 aromatic carbocycles. The van der Waals surface area contributed by atoms with Crippen LogP contribution in [0.1, 0.15) is 11.1 Å². The normalized spacial score (nSPS) is 10.8. The van der Waals surface area contributed by atoms with E-state index in [4.69, 9.17) is 17.3 Å². The maximum atomic E-state index is 13.2. The largest absolute Gasteiger partial charge is 0.366 e. The van der Waals surface area contributed by atoms with Gasteiger partial charge in [0.2, 0.25) is 5.91 Å². The van der Waals surface area contributed by atoms with Gasteiger partial charge in [-0.3, -0.25) is 4.79 Å². The first-order chi connectivity index (χ1) is 6.50. The van der Waals surface area contributed by atoms with E-state index in [9.17, 15) is 9.18 Å². The van der Waals surface area contributed by atoms with Crippen molar-refractivity contribution in [1.29, 1.82) is 0 Å². The Balaban J connectivity index is 3.10. The third-order valence-electron chi connectivity index (χ3n) is 1.71. The highest BCUT2D eigenvalue weighted by Gasteiger charge is 2.03. The van der Waals surface area contributed by atoms with E-state index in [-0.39, 0.29) is 5.56 Å². The Morgan fingerprint density at radius 1 is 1.57 bits per heavy atom. The van der Waals surface area contributed by atoms with E-state index < -0.39 is 11.7 Å². The molecule has 0 fully saturated rings. The van der Waals surface area contributed by atoms with Gasteiger partial charge in [-0.05, 0) is 30.7 Å². The summed E-state index contributed by atoms with van der Waals surface area (Å²) in [6, 6.07) is 2.76. The Morgan fingerprint density at radius 2 is 2.21 bits per heavy atom. The first-order valence-corrected chi connectivity index (χ1v) is 4.31. The fourth-order valence-corrected chi connectivity index (χ4v) is 1.13. The van der Waals surface area contributed by atoms with Crippen molar-refractivity contribution in [1.82, 2.24) is 0 Å². The number of benzene rings is 1. The number of carbonyl (C=O) groups excluding carboxylic acids is 1. The molecular weight excluding hydrogens is 205 g/mol. The van der Waals surface area contributed by atoms with Crippen molar-refractivity contribution >= 4 is 23.6 Å². The molecule has 0 spiro atoms. The number of hydrogen-bond donors (Lipinski definition) is 1. The highest BCUT2D eigenvalue weighted by Crippen LogP contribution is 2.20. The van der Waals surface area contributed by atoms with E-state index in [0.29, 0.717) is 10.6 Å². The molecule has 0 saturated heterocycles. The molecule has 4 heteroatoms. The van der Waals surface area contributed by atoms with Crippen LogP contribution in [0.4, 0.5) is 4.39 Å². The minimum Gasteiger partial charge on any atom is -0.366 e. The maximum Gasteiger partial charge on any atom is 0.241 e. The van der Waals surface area contributed by atoms with Crippen molar-refractivity contribution in [2.24, 2.45) is 5.73 Å². The van der Waals surface area contributed by atoms with Crippen LogP contribution >= 0.6 is 11.6 Å². The number of amides is 1. The number of carbonyl (C=O) groups is 1. The molecule has 0 bridgehead atoms. The van der Waals surface area contributed by atoms with Crippen LogP contribution in [-0.4, -0.2) is 5.91 Å². The summed E-state index contributed by atoms with van der Waals surface area (Å²) < 4.78 is 13.2. The fourth-order valence-electron chi connectivity index (χ4n) is 0.961. The van der Waals surface area contributed by atoms with Crippen LogP contribution in [-0.2, 0) is 4.79 Å². The van der Waals surface area contributed by atoms with Gasteiger partial charge in [0.25, 0.3) is 0 Å². The average molecular weight is 214 g/mol. The molecule has 0 saturated carbocycles. The summed E-state index contributed by atoms with van der Waals surface area (Å²) in [7, 11) is 0. The quantitative estimate of drug-likeness (QED) is 0.753. The summed E-state index contributed by atoms with van der Waals surface area (Å²) in [6.45, 7) is 1.70. The Bertz CT molecular complexity index is 401. The lowest BCUT2D eigenvalue weighted by Gasteiger charge is -2.01. The van der Waals surface area contributed by atoms with Gasteiger partial charge in [0.1, 0.15) is 5.82 Å². The van der Waals surface area contributed by atoms with E-state index in [1.165, 1.54) is 18.2 Å². The molecule has 1 amide bonds. The van der Waals surface area contributed by atoms with Crippen molar-refractivity contribution < 1.29 is 9.18 Å². The Morgan fingerprint density at radius 3 is 2.79 bits per heavy atom. The molecule has 0 aliphatic carbocycles. The molecule has 2 nitrogen and oxygen atoms in total. The third-order valence-corrected chi connectivity index (χ3v) is 2.11. The molecule has 2 N–H and O–H groups in total.